The standard InChI is InChI=1S/C23H25NO/c25-22-12-9-17(10-13-22)20-8-11-21(16-20)24-15-14-19-6-3-5-18-4-1-2-7-23(18)19/h1-7,9-10,12-13,20-21,24-25H,8,11,14-16H2/t20-,21-/m0/s1. The molecule has 1 aliphatic rings. The molecule has 4 rings (SSSR count). The minimum atomic E-state index is 0.353. The van der Waals surface area contributed by atoms with Crippen LogP contribution < -0.4 is 5.32 Å². The first-order valence-electron chi connectivity index (χ1n) is 9.28. The summed E-state index contributed by atoms with van der Waals surface area (Å²) in [5.74, 6) is 0.974. The molecule has 2 heteroatoms. The van der Waals surface area contributed by atoms with Gasteiger partial charge < -0.3 is 10.4 Å². The Bertz CT molecular complexity index is 835. The Balaban J connectivity index is 1.32. The lowest BCUT2D eigenvalue weighted by Gasteiger charge is -2.14. The Labute approximate surface area is 149 Å². The second kappa shape index (κ2) is 7.28. The van der Waals surface area contributed by atoms with Crippen LogP contribution in [-0.4, -0.2) is 17.7 Å². The van der Waals surface area contributed by atoms with Gasteiger partial charge in [-0.15, -0.1) is 0 Å². The van der Waals surface area contributed by atoms with Crippen molar-refractivity contribution in [3.63, 3.8) is 0 Å². The third kappa shape index (κ3) is 3.69. The summed E-state index contributed by atoms with van der Waals surface area (Å²) in [6.07, 6.45) is 4.74. The summed E-state index contributed by atoms with van der Waals surface area (Å²) < 4.78 is 0. The van der Waals surface area contributed by atoms with E-state index in [4.69, 9.17) is 0 Å². The lowest BCUT2D eigenvalue weighted by Crippen LogP contribution is -2.28. The molecule has 3 aromatic carbocycles. The monoisotopic (exact) mass is 331 g/mol. The van der Waals surface area contributed by atoms with Crippen molar-refractivity contribution < 1.29 is 5.11 Å². The van der Waals surface area contributed by atoms with E-state index in [0.29, 0.717) is 17.7 Å². The van der Waals surface area contributed by atoms with Crippen LogP contribution in [0.3, 0.4) is 0 Å². The molecule has 1 aliphatic carbocycles. The van der Waals surface area contributed by atoms with E-state index in [2.05, 4.69) is 59.9 Å². The molecule has 0 bridgehead atoms. The third-order valence-electron chi connectivity index (χ3n) is 5.50. The number of fused-ring (bicyclic) bond motifs is 1. The van der Waals surface area contributed by atoms with Crippen LogP contribution in [0.2, 0.25) is 0 Å². The molecule has 2 nitrogen and oxygen atoms in total. The quantitative estimate of drug-likeness (QED) is 0.688. The number of benzene rings is 3. The summed E-state index contributed by atoms with van der Waals surface area (Å²) in [4.78, 5) is 0. The van der Waals surface area contributed by atoms with Crippen LogP contribution in [0, 0.1) is 0 Å². The van der Waals surface area contributed by atoms with Gasteiger partial charge in [0.05, 0.1) is 0 Å². The highest BCUT2D eigenvalue weighted by Crippen LogP contribution is 2.35. The average molecular weight is 331 g/mol. The summed E-state index contributed by atoms with van der Waals surface area (Å²) in [6, 6.07) is 23.6. The molecule has 0 aliphatic heterocycles. The van der Waals surface area contributed by atoms with Gasteiger partial charge in [0, 0.05) is 6.04 Å². The fraction of sp³-hybridized carbons (Fsp3) is 0.304. The van der Waals surface area contributed by atoms with Gasteiger partial charge >= 0.3 is 0 Å². The minimum absolute atomic E-state index is 0.353. The van der Waals surface area contributed by atoms with Crippen molar-refractivity contribution in [3.05, 3.63) is 77.9 Å². The fourth-order valence-corrected chi connectivity index (χ4v) is 4.14. The zero-order valence-corrected chi connectivity index (χ0v) is 14.5. The summed E-state index contributed by atoms with van der Waals surface area (Å²) in [7, 11) is 0. The van der Waals surface area contributed by atoms with Gasteiger partial charge in [0.15, 0.2) is 0 Å². The van der Waals surface area contributed by atoms with Crippen molar-refractivity contribution in [1.82, 2.24) is 5.32 Å². The third-order valence-corrected chi connectivity index (χ3v) is 5.50. The van der Waals surface area contributed by atoms with E-state index in [1.807, 2.05) is 0 Å². The molecule has 25 heavy (non-hydrogen) atoms. The zero-order valence-electron chi connectivity index (χ0n) is 14.5. The first-order valence-corrected chi connectivity index (χ1v) is 9.28. The first-order chi connectivity index (χ1) is 12.3. The van der Waals surface area contributed by atoms with E-state index in [9.17, 15) is 5.11 Å². The van der Waals surface area contributed by atoms with Gasteiger partial charge in [0.1, 0.15) is 5.75 Å². The van der Waals surface area contributed by atoms with E-state index in [-0.39, 0.29) is 0 Å². The maximum absolute atomic E-state index is 9.44. The van der Waals surface area contributed by atoms with Crippen LogP contribution in [0.25, 0.3) is 10.8 Å². The highest BCUT2D eigenvalue weighted by molar-refractivity contribution is 5.85. The molecule has 3 aromatic rings. The maximum atomic E-state index is 9.44. The number of nitrogens with one attached hydrogen (secondary N) is 1. The molecule has 2 atom stereocenters. The van der Waals surface area contributed by atoms with Gasteiger partial charge in [-0.3, -0.25) is 0 Å². The Hall–Kier alpha value is -2.32. The number of hydrogen-bond acceptors (Lipinski definition) is 2. The Morgan fingerprint density at radius 3 is 2.56 bits per heavy atom. The Kier molecular flexibility index (Phi) is 4.71. The van der Waals surface area contributed by atoms with Crippen molar-refractivity contribution in [2.24, 2.45) is 0 Å². The minimum Gasteiger partial charge on any atom is -0.508 e. The van der Waals surface area contributed by atoms with Gasteiger partial charge in [0.25, 0.3) is 0 Å². The number of aromatic hydroxyl groups is 1. The van der Waals surface area contributed by atoms with Crippen molar-refractivity contribution in [3.8, 4) is 5.75 Å². The fourth-order valence-electron chi connectivity index (χ4n) is 4.14. The molecule has 1 fully saturated rings. The van der Waals surface area contributed by atoms with Crippen LogP contribution in [0.1, 0.15) is 36.3 Å². The van der Waals surface area contributed by atoms with E-state index in [0.717, 1.165) is 13.0 Å². The van der Waals surface area contributed by atoms with E-state index < -0.39 is 0 Å². The summed E-state index contributed by atoms with van der Waals surface area (Å²) in [6.45, 7) is 1.03. The van der Waals surface area contributed by atoms with Crippen molar-refractivity contribution in [2.45, 2.75) is 37.6 Å². The summed E-state index contributed by atoms with van der Waals surface area (Å²) >= 11 is 0. The highest BCUT2D eigenvalue weighted by Gasteiger charge is 2.25. The predicted molar refractivity (Wildman–Crippen MR) is 104 cm³/mol. The molecule has 0 aromatic heterocycles. The molecule has 0 unspecified atom stereocenters. The second-order valence-electron chi connectivity index (χ2n) is 7.14. The van der Waals surface area contributed by atoms with Gasteiger partial charge in [-0.25, -0.2) is 0 Å². The maximum Gasteiger partial charge on any atom is 0.115 e. The van der Waals surface area contributed by atoms with E-state index >= 15 is 0 Å². The smallest absolute Gasteiger partial charge is 0.115 e. The van der Waals surface area contributed by atoms with Crippen LogP contribution in [-0.2, 0) is 6.42 Å². The van der Waals surface area contributed by atoms with E-state index in [1.54, 1.807) is 12.1 Å². The lowest BCUT2D eigenvalue weighted by atomic mass is 9.97. The van der Waals surface area contributed by atoms with Gasteiger partial charge in [0.2, 0.25) is 0 Å². The van der Waals surface area contributed by atoms with Crippen molar-refractivity contribution in [2.75, 3.05) is 6.54 Å². The average Bonchev–Trinajstić information content (AvgIpc) is 3.11. The lowest BCUT2D eigenvalue weighted by molar-refractivity contribution is 0.474. The number of phenols is 1. The summed E-state index contributed by atoms with van der Waals surface area (Å²) in [5.41, 5.74) is 2.79. The molecule has 0 saturated heterocycles. The number of hydrogen-bond donors (Lipinski definition) is 2. The second-order valence-corrected chi connectivity index (χ2v) is 7.14. The predicted octanol–water partition coefficient (Wildman–Crippen LogP) is 5.01. The number of rotatable bonds is 5. The molecule has 0 spiro atoms. The topological polar surface area (TPSA) is 32.3 Å². The van der Waals surface area contributed by atoms with Crippen LogP contribution >= 0.6 is 0 Å². The normalized spacial score (nSPS) is 20.2. The zero-order chi connectivity index (χ0) is 17.1. The molecule has 0 radical (unpaired) electrons. The summed E-state index contributed by atoms with van der Waals surface area (Å²) in [5, 5.41) is 15.9. The SMILES string of the molecule is Oc1ccc([C@H]2CC[C@H](NCCc3cccc4ccccc34)C2)cc1. The molecule has 1 saturated carbocycles. The molecule has 0 heterocycles. The van der Waals surface area contributed by atoms with Crippen LogP contribution in [0.15, 0.2) is 66.7 Å². The molecule has 128 valence electrons. The van der Waals surface area contributed by atoms with Crippen LogP contribution in [0.5, 0.6) is 5.75 Å². The van der Waals surface area contributed by atoms with Crippen molar-refractivity contribution in [1.29, 1.82) is 0 Å². The molecule has 0 amide bonds. The molecule has 2 N–H and O–H groups in total. The largest absolute Gasteiger partial charge is 0.508 e. The highest BCUT2D eigenvalue weighted by atomic mass is 16.3. The first kappa shape index (κ1) is 16.2. The van der Waals surface area contributed by atoms with Gasteiger partial charge in [-0.2, -0.15) is 0 Å². The van der Waals surface area contributed by atoms with E-state index in [1.165, 1.54) is 41.2 Å². The van der Waals surface area contributed by atoms with Gasteiger partial charge in [-0.1, -0.05) is 54.6 Å². The Morgan fingerprint density at radius 1 is 0.880 bits per heavy atom. The van der Waals surface area contributed by atoms with Crippen molar-refractivity contribution >= 4 is 10.8 Å². The molecular weight excluding hydrogens is 306 g/mol. The number of phenolic OH excluding ortho intramolecular Hbond substituents is 1. The van der Waals surface area contributed by atoms with Gasteiger partial charge in [-0.05, 0) is 72.2 Å². The van der Waals surface area contributed by atoms with Crippen LogP contribution in [0.4, 0.5) is 0 Å². The molecular formula is C23H25NO. The Morgan fingerprint density at radius 2 is 1.68 bits per heavy atom.